The van der Waals surface area contributed by atoms with E-state index in [1.807, 2.05) is 59.5 Å². The topological polar surface area (TPSA) is 75.5 Å². The molecule has 4 saturated heterocycles. The molecule has 6 nitrogen and oxygen atoms in total. The summed E-state index contributed by atoms with van der Waals surface area (Å²) >= 11 is 0. The molecule has 166 valence electrons. The van der Waals surface area contributed by atoms with Crippen LogP contribution >= 0.6 is 0 Å². The fraction of sp³-hybridized carbons (Fsp3) is 0.370. The van der Waals surface area contributed by atoms with Gasteiger partial charge in [-0.05, 0) is 56.4 Å². The molecular weight excluding hydrogens is 414 g/mol. The molecule has 5 aliphatic heterocycles. The summed E-state index contributed by atoms with van der Waals surface area (Å²) in [5.41, 5.74) is 2.51. The van der Waals surface area contributed by atoms with E-state index in [4.69, 9.17) is 0 Å². The fourth-order valence-electron chi connectivity index (χ4n) is 7.30. The Morgan fingerprint density at radius 2 is 1.88 bits per heavy atom. The van der Waals surface area contributed by atoms with E-state index in [9.17, 15) is 14.8 Å². The van der Waals surface area contributed by atoms with Crippen molar-refractivity contribution in [2.75, 3.05) is 6.54 Å². The van der Waals surface area contributed by atoms with Crippen molar-refractivity contribution >= 4 is 28.8 Å². The molecule has 4 fully saturated rings. The van der Waals surface area contributed by atoms with Crippen LogP contribution in [0.4, 0.5) is 5.69 Å². The number of piperazine rings is 1. The number of piperidine rings is 2. The van der Waals surface area contributed by atoms with E-state index in [2.05, 4.69) is 19.2 Å². The molecule has 0 unspecified atom stereocenters. The molecule has 1 N–H and O–H groups in total. The fourth-order valence-corrected chi connectivity index (χ4v) is 7.30. The van der Waals surface area contributed by atoms with E-state index in [0.29, 0.717) is 30.8 Å². The Morgan fingerprint density at radius 3 is 2.67 bits per heavy atom. The molecule has 2 spiro atoms. The molecule has 2 amide bonds. The quantitative estimate of drug-likeness (QED) is 0.545. The van der Waals surface area contributed by atoms with Crippen molar-refractivity contribution in [3.8, 4) is 11.1 Å². The zero-order valence-electron chi connectivity index (χ0n) is 18.7. The minimum Gasteiger partial charge on any atom is -0.618 e. The third kappa shape index (κ3) is 2.04. The number of carbonyl (C=O) groups is 2. The van der Waals surface area contributed by atoms with Crippen LogP contribution in [-0.2, 0) is 9.59 Å². The third-order valence-electron chi connectivity index (χ3n) is 8.85. The van der Waals surface area contributed by atoms with Crippen LogP contribution in [0.2, 0.25) is 0 Å². The van der Waals surface area contributed by atoms with Gasteiger partial charge in [0.15, 0.2) is 0 Å². The molecule has 0 saturated carbocycles. The van der Waals surface area contributed by atoms with Crippen molar-refractivity contribution in [1.29, 1.82) is 0 Å². The zero-order valence-corrected chi connectivity index (χ0v) is 18.7. The number of nitrogens with one attached hydrogen (secondary N) is 1. The first-order chi connectivity index (χ1) is 15.8. The van der Waals surface area contributed by atoms with E-state index in [-0.39, 0.29) is 17.7 Å². The predicted octanol–water partition coefficient (Wildman–Crippen LogP) is 3.62. The Labute approximate surface area is 192 Å². The number of allylic oxidation sites excluding steroid dienone is 1. The van der Waals surface area contributed by atoms with Gasteiger partial charge in [-0.15, -0.1) is 0 Å². The highest BCUT2D eigenvalue weighted by atomic mass is 16.5. The summed E-state index contributed by atoms with van der Waals surface area (Å²) in [4.78, 5) is 28.9. The number of hydrogen-bond donors (Lipinski definition) is 1. The first kappa shape index (κ1) is 19.1. The molecule has 0 aromatic heterocycles. The van der Waals surface area contributed by atoms with Gasteiger partial charge in [0.1, 0.15) is 11.1 Å². The maximum absolute atomic E-state index is 13.8. The number of amides is 2. The summed E-state index contributed by atoms with van der Waals surface area (Å²) in [6, 6.07) is 15.9. The van der Waals surface area contributed by atoms with E-state index >= 15 is 0 Å². The minimum atomic E-state index is -1.09. The van der Waals surface area contributed by atoms with Gasteiger partial charge in [0.2, 0.25) is 17.3 Å². The number of benzene rings is 2. The van der Waals surface area contributed by atoms with E-state index in [1.165, 1.54) is 0 Å². The Kier molecular flexibility index (Phi) is 3.32. The maximum Gasteiger partial charge on any atom is 0.253 e. The maximum atomic E-state index is 13.8. The number of carbonyl (C=O) groups excluding carboxylic acids is 2. The summed E-state index contributed by atoms with van der Waals surface area (Å²) in [7, 11) is 0. The summed E-state index contributed by atoms with van der Waals surface area (Å²) < 4.78 is 1.07. The highest BCUT2D eigenvalue weighted by molar-refractivity contribution is 6.30. The van der Waals surface area contributed by atoms with Crippen LogP contribution in [0.5, 0.6) is 0 Å². The Hall–Kier alpha value is -3.41. The van der Waals surface area contributed by atoms with Gasteiger partial charge in [0.25, 0.3) is 5.91 Å². The summed E-state index contributed by atoms with van der Waals surface area (Å²) in [6.07, 6.45) is 4.04. The molecule has 33 heavy (non-hydrogen) atoms. The van der Waals surface area contributed by atoms with Gasteiger partial charge in [-0.2, -0.15) is 4.74 Å². The molecule has 0 radical (unpaired) electrons. The van der Waals surface area contributed by atoms with Crippen molar-refractivity contribution in [3.63, 3.8) is 0 Å². The first-order valence-corrected chi connectivity index (χ1v) is 11.7. The van der Waals surface area contributed by atoms with Crippen LogP contribution in [-0.4, -0.2) is 44.8 Å². The van der Waals surface area contributed by atoms with Gasteiger partial charge in [0.05, 0.1) is 16.6 Å². The summed E-state index contributed by atoms with van der Waals surface area (Å²) in [5.74, 6) is -0.214. The molecule has 5 heterocycles. The Balaban J connectivity index is 1.46. The largest absolute Gasteiger partial charge is 0.618 e. The Morgan fingerprint density at radius 1 is 1.09 bits per heavy atom. The Bertz CT molecular complexity index is 1340. The van der Waals surface area contributed by atoms with Gasteiger partial charge in [-0.25, -0.2) is 0 Å². The van der Waals surface area contributed by atoms with Crippen LogP contribution in [0, 0.1) is 16.5 Å². The number of hydrogen-bond acceptors (Lipinski definition) is 3. The van der Waals surface area contributed by atoms with Crippen molar-refractivity contribution in [3.05, 3.63) is 65.4 Å². The molecule has 2 bridgehead atoms. The van der Waals surface area contributed by atoms with Gasteiger partial charge in [-0.1, -0.05) is 36.4 Å². The second-order valence-electron chi connectivity index (χ2n) is 10.7. The predicted molar refractivity (Wildman–Crippen MR) is 125 cm³/mol. The second kappa shape index (κ2) is 5.74. The minimum absolute atomic E-state index is 0.0118. The van der Waals surface area contributed by atoms with Crippen molar-refractivity contribution < 1.29 is 14.3 Å². The zero-order chi connectivity index (χ0) is 22.8. The lowest BCUT2D eigenvalue weighted by atomic mass is 9.51. The highest BCUT2D eigenvalue weighted by Crippen LogP contribution is 2.60. The summed E-state index contributed by atoms with van der Waals surface area (Å²) in [6.45, 7) is 4.75. The molecule has 8 rings (SSSR count). The average Bonchev–Trinajstić information content (AvgIpc) is 3.36. The molecule has 2 aromatic carbocycles. The van der Waals surface area contributed by atoms with Crippen molar-refractivity contribution in [2.45, 2.75) is 44.2 Å². The van der Waals surface area contributed by atoms with Crippen LogP contribution in [0.25, 0.3) is 16.7 Å². The number of fused-ring (bicyclic) bond motifs is 4. The second-order valence-corrected chi connectivity index (χ2v) is 10.7. The lowest BCUT2D eigenvalue weighted by molar-refractivity contribution is -0.362. The van der Waals surface area contributed by atoms with Crippen LogP contribution < -0.4 is 5.32 Å². The van der Waals surface area contributed by atoms with E-state index < -0.39 is 16.5 Å². The lowest BCUT2D eigenvalue weighted by Crippen LogP contribution is -2.83. The molecule has 6 aliphatic rings. The number of nitrogens with zero attached hydrogens (tertiary/aromatic N) is 2. The van der Waals surface area contributed by atoms with Crippen LogP contribution in [0.15, 0.2) is 54.6 Å². The third-order valence-corrected chi connectivity index (χ3v) is 8.85. The van der Waals surface area contributed by atoms with Crippen molar-refractivity contribution in [1.82, 2.24) is 10.2 Å². The molecule has 3 atom stereocenters. The average molecular weight is 440 g/mol. The van der Waals surface area contributed by atoms with Gasteiger partial charge < -0.3 is 15.4 Å². The van der Waals surface area contributed by atoms with Crippen LogP contribution in [0.1, 0.15) is 38.7 Å². The first-order valence-electron chi connectivity index (χ1n) is 11.7. The van der Waals surface area contributed by atoms with Gasteiger partial charge in [0, 0.05) is 18.5 Å². The van der Waals surface area contributed by atoms with E-state index in [1.54, 1.807) is 0 Å². The van der Waals surface area contributed by atoms with Gasteiger partial charge in [-0.3, -0.25) is 9.59 Å². The number of rotatable bonds is 1. The molecular formula is C27H25N3O3. The normalized spacial score (nSPS) is 32.7. The summed E-state index contributed by atoms with van der Waals surface area (Å²) in [5, 5.41) is 16.9. The SMILES string of the molecule is CC1(C)C2=[N+]([O-])c3cc(-c4ccccc4)ccc3C2=C[C@]23NC(=O)[C@@]4(CCCN4C2=O)C[C@H]13. The van der Waals surface area contributed by atoms with E-state index in [0.717, 1.165) is 33.4 Å². The molecule has 2 aromatic rings. The smallest absolute Gasteiger partial charge is 0.253 e. The monoisotopic (exact) mass is 439 g/mol. The highest BCUT2D eigenvalue weighted by Gasteiger charge is 2.73. The lowest BCUT2D eigenvalue weighted by Gasteiger charge is -2.62. The standard InChI is InChI=1S/C27H25N3O3/c1-25(2)21-15-26-11-6-12-29(26)24(32)27(21,28-23(26)31)14-19-18-10-9-17(16-7-4-3-5-8-16)13-20(18)30(33)22(19)25/h3-5,7-10,13-14,21H,6,11-12,15H2,1-2H3,(H,28,31)/t21-,26-,27-/m1/s1. The van der Waals surface area contributed by atoms with Gasteiger partial charge >= 0.3 is 0 Å². The van der Waals surface area contributed by atoms with Crippen LogP contribution in [0.3, 0.4) is 0 Å². The van der Waals surface area contributed by atoms with Crippen molar-refractivity contribution in [2.24, 2.45) is 11.3 Å². The molecule has 6 heteroatoms. The molecule has 1 aliphatic carbocycles.